The molecule has 0 spiro atoms. The van der Waals surface area contributed by atoms with Gasteiger partial charge < -0.3 is 20.5 Å². The normalized spacial score (nSPS) is 12.2. The predicted octanol–water partition coefficient (Wildman–Crippen LogP) is 0.246. The molecule has 1 aromatic heterocycles. The summed E-state index contributed by atoms with van der Waals surface area (Å²) in [6.07, 6.45) is -0.543. The molecule has 1 rings (SSSR count). The van der Waals surface area contributed by atoms with E-state index in [4.69, 9.17) is 4.74 Å². The van der Waals surface area contributed by atoms with Gasteiger partial charge in [0.05, 0.1) is 12.7 Å². The number of nitrogens with zero attached hydrogens (tertiary/aromatic N) is 2. The minimum Gasteiger partial charge on any atom is -0.389 e. The minimum atomic E-state index is -0.543. The van der Waals surface area contributed by atoms with E-state index in [9.17, 15) is 5.11 Å². The van der Waals surface area contributed by atoms with Crippen LogP contribution in [0.15, 0.2) is 6.07 Å². The standard InChI is InChI=1S/C10H18N4O2/c1-7-4-9(14-10(11-2)13-7)12-5-8(15)6-16-3/h4,8,15H,5-6H2,1-3H3,(H2,11,12,13,14). The second kappa shape index (κ2) is 6.24. The fraction of sp³-hybridized carbons (Fsp3) is 0.600. The first-order valence-corrected chi connectivity index (χ1v) is 5.10. The Morgan fingerprint density at radius 2 is 2.25 bits per heavy atom. The van der Waals surface area contributed by atoms with E-state index in [1.165, 1.54) is 0 Å². The van der Waals surface area contributed by atoms with Crippen LogP contribution in [0.25, 0.3) is 0 Å². The molecule has 6 nitrogen and oxygen atoms in total. The predicted molar refractivity (Wildman–Crippen MR) is 62.7 cm³/mol. The highest BCUT2D eigenvalue weighted by Crippen LogP contribution is 2.08. The lowest BCUT2D eigenvalue weighted by molar-refractivity contribution is 0.0727. The molecule has 0 aliphatic carbocycles. The van der Waals surface area contributed by atoms with Gasteiger partial charge in [0.15, 0.2) is 0 Å². The van der Waals surface area contributed by atoms with E-state index in [-0.39, 0.29) is 0 Å². The van der Waals surface area contributed by atoms with E-state index in [1.807, 2.05) is 13.0 Å². The van der Waals surface area contributed by atoms with Crippen molar-refractivity contribution in [1.29, 1.82) is 0 Å². The molecule has 3 N–H and O–H groups in total. The van der Waals surface area contributed by atoms with Crippen LogP contribution < -0.4 is 10.6 Å². The molecule has 1 atom stereocenters. The summed E-state index contributed by atoms with van der Waals surface area (Å²) in [5.74, 6) is 1.25. The number of rotatable bonds is 6. The van der Waals surface area contributed by atoms with Crippen molar-refractivity contribution >= 4 is 11.8 Å². The summed E-state index contributed by atoms with van der Waals surface area (Å²) in [6, 6.07) is 1.82. The number of aliphatic hydroxyl groups excluding tert-OH is 1. The minimum absolute atomic E-state index is 0.302. The maximum atomic E-state index is 9.46. The molecule has 0 fully saturated rings. The quantitative estimate of drug-likeness (QED) is 0.645. The lowest BCUT2D eigenvalue weighted by Gasteiger charge is -2.12. The number of hydrogen-bond donors (Lipinski definition) is 3. The first-order chi connectivity index (χ1) is 7.65. The first-order valence-electron chi connectivity index (χ1n) is 5.10. The molecule has 1 heterocycles. The number of nitrogens with one attached hydrogen (secondary N) is 2. The number of aromatic nitrogens is 2. The van der Waals surface area contributed by atoms with Gasteiger partial charge in [-0.3, -0.25) is 0 Å². The molecule has 1 unspecified atom stereocenters. The second-order valence-corrected chi connectivity index (χ2v) is 3.46. The molecule has 6 heteroatoms. The smallest absolute Gasteiger partial charge is 0.224 e. The van der Waals surface area contributed by atoms with Crippen molar-refractivity contribution < 1.29 is 9.84 Å². The van der Waals surface area contributed by atoms with Crippen LogP contribution in [0, 0.1) is 6.92 Å². The average molecular weight is 226 g/mol. The Bertz CT molecular complexity index is 333. The molecule has 0 radical (unpaired) electrons. The van der Waals surface area contributed by atoms with Gasteiger partial charge in [-0.2, -0.15) is 4.98 Å². The highest BCUT2D eigenvalue weighted by Gasteiger charge is 2.05. The van der Waals surface area contributed by atoms with Crippen molar-refractivity contribution in [3.63, 3.8) is 0 Å². The van der Waals surface area contributed by atoms with E-state index < -0.39 is 6.10 Å². The van der Waals surface area contributed by atoms with Crippen molar-refractivity contribution in [2.24, 2.45) is 0 Å². The third kappa shape index (κ3) is 4.00. The van der Waals surface area contributed by atoms with Gasteiger partial charge >= 0.3 is 0 Å². The van der Waals surface area contributed by atoms with Crippen LogP contribution in [0.1, 0.15) is 5.69 Å². The van der Waals surface area contributed by atoms with Gasteiger partial charge in [0.2, 0.25) is 5.95 Å². The molecule has 16 heavy (non-hydrogen) atoms. The number of methoxy groups -OCH3 is 1. The second-order valence-electron chi connectivity index (χ2n) is 3.46. The average Bonchev–Trinajstić information content (AvgIpc) is 2.26. The highest BCUT2D eigenvalue weighted by molar-refractivity contribution is 5.41. The van der Waals surface area contributed by atoms with Gasteiger partial charge in [-0.25, -0.2) is 4.98 Å². The summed E-state index contributed by atoms with van der Waals surface area (Å²) < 4.78 is 4.83. The molecule has 0 saturated carbocycles. The lowest BCUT2D eigenvalue weighted by Crippen LogP contribution is -2.24. The van der Waals surface area contributed by atoms with Crippen molar-refractivity contribution in [3.8, 4) is 0 Å². The summed E-state index contributed by atoms with van der Waals surface area (Å²) in [5, 5.41) is 15.4. The maximum absolute atomic E-state index is 9.46. The van der Waals surface area contributed by atoms with Crippen LogP contribution in [0.5, 0.6) is 0 Å². The Morgan fingerprint density at radius 3 is 2.88 bits per heavy atom. The fourth-order valence-electron chi connectivity index (χ4n) is 1.24. The molecular weight excluding hydrogens is 208 g/mol. The van der Waals surface area contributed by atoms with E-state index in [0.29, 0.717) is 24.9 Å². The van der Waals surface area contributed by atoms with Crippen LogP contribution in [-0.2, 0) is 4.74 Å². The number of aliphatic hydroxyl groups is 1. The summed E-state index contributed by atoms with van der Waals surface area (Å²) in [7, 11) is 3.31. The molecule has 0 aliphatic rings. The van der Waals surface area contributed by atoms with Crippen molar-refractivity contribution in [2.75, 3.05) is 37.9 Å². The fourth-order valence-corrected chi connectivity index (χ4v) is 1.24. The monoisotopic (exact) mass is 226 g/mol. The molecule has 1 aromatic rings. The molecule has 0 amide bonds. The number of aryl methyl sites for hydroxylation is 1. The summed E-state index contributed by atoms with van der Waals surface area (Å²) >= 11 is 0. The van der Waals surface area contributed by atoms with E-state index >= 15 is 0 Å². The van der Waals surface area contributed by atoms with Gasteiger partial charge in [-0.15, -0.1) is 0 Å². The van der Waals surface area contributed by atoms with E-state index in [2.05, 4.69) is 20.6 Å². The van der Waals surface area contributed by atoms with Crippen molar-refractivity contribution in [3.05, 3.63) is 11.8 Å². The maximum Gasteiger partial charge on any atom is 0.224 e. The van der Waals surface area contributed by atoms with Crippen LogP contribution in [0.4, 0.5) is 11.8 Å². The van der Waals surface area contributed by atoms with Crippen LogP contribution in [-0.4, -0.2) is 48.5 Å². The van der Waals surface area contributed by atoms with E-state index in [1.54, 1.807) is 14.2 Å². The lowest BCUT2D eigenvalue weighted by atomic mass is 10.3. The topological polar surface area (TPSA) is 79.3 Å². The zero-order valence-corrected chi connectivity index (χ0v) is 9.82. The van der Waals surface area contributed by atoms with Crippen molar-refractivity contribution in [2.45, 2.75) is 13.0 Å². The van der Waals surface area contributed by atoms with Gasteiger partial charge in [0, 0.05) is 32.5 Å². The van der Waals surface area contributed by atoms with Crippen LogP contribution in [0.2, 0.25) is 0 Å². The highest BCUT2D eigenvalue weighted by atomic mass is 16.5. The third-order valence-electron chi connectivity index (χ3n) is 1.96. The Balaban J connectivity index is 2.56. The SMILES string of the molecule is CNc1nc(C)cc(NCC(O)COC)n1. The molecular formula is C10H18N4O2. The Hall–Kier alpha value is -1.40. The van der Waals surface area contributed by atoms with Gasteiger partial charge in [-0.1, -0.05) is 0 Å². The molecule has 0 aliphatic heterocycles. The van der Waals surface area contributed by atoms with Crippen molar-refractivity contribution in [1.82, 2.24) is 9.97 Å². The Kier molecular flexibility index (Phi) is 4.94. The molecule has 0 bridgehead atoms. The molecule has 90 valence electrons. The third-order valence-corrected chi connectivity index (χ3v) is 1.96. The van der Waals surface area contributed by atoms with Gasteiger partial charge in [-0.05, 0) is 6.92 Å². The summed E-state index contributed by atoms with van der Waals surface area (Å²) in [5.41, 5.74) is 0.864. The number of hydrogen-bond acceptors (Lipinski definition) is 6. The molecule has 0 saturated heterocycles. The molecule has 0 aromatic carbocycles. The summed E-state index contributed by atoms with van der Waals surface area (Å²) in [6.45, 7) is 2.59. The Labute approximate surface area is 95.1 Å². The zero-order chi connectivity index (χ0) is 12.0. The Morgan fingerprint density at radius 1 is 1.50 bits per heavy atom. The van der Waals surface area contributed by atoms with E-state index in [0.717, 1.165) is 5.69 Å². The summed E-state index contributed by atoms with van der Waals surface area (Å²) in [4.78, 5) is 8.37. The van der Waals surface area contributed by atoms with Crippen LogP contribution in [0.3, 0.4) is 0 Å². The first kappa shape index (κ1) is 12.7. The van der Waals surface area contributed by atoms with Crippen LogP contribution >= 0.6 is 0 Å². The number of anilines is 2. The number of ether oxygens (including phenoxy) is 1. The zero-order valence-electron chi connectivity index (χ0n) is 9.82. The van der Waals surface area contributed by atoms with Gasteiger partial charge in [0.1, 0.15) is 5.82 Å². The van der Waals surface area contributed by atoms with Gasteiger partial charge in [0.25, 0.3) is 0 Å². The largest absolute Gasteiger partial charge is 0.389 e.